The summed E-state index contributed by atoms with van der Waals surface area (Å²) in [5, 5.41) is 0. The number of rotatable bonds is 5. The van der Waals surface area contributed by atoms with Crippen LogP contribution in [0.2, 0.25) is 0 Å². The van der Waals surface area contributed by atoms with Gasteiger partial charge in [-0.1, -0.05) is 19.1 Å². The predicted molar refractivity (Wildman–Crippen MR) is 93.9 cm³/mol. The monoisotopic (exact) mass is 337 g/mol. The first-order valence-electron chi connectivity index (χ1n) is 8.70. The van der Waals surface area contributed by atoms with Gasteiger partial charge in [-0.2, -0.15) is 17.4 Å². The number of piperidine rings is 1. The van der Waals surface area contributed by atoms with Crippen molar-refractivity contribution in [3.63, 3.8) is 0 Å². The molecule has 1 N–H and O–H groups in total. The summed E-state index contributed by atoms with van der Waals surface area (Å²) >= 11 is 0. The van der Waals surface area contributed by atoms with Crippen molar-refractivity contribution in [2.45, 2.75) is 45.1 Å². The standard InChI is InChI=1S/C17H27N3O2S/c1-2-15-6-5-7-17(14-15)19-12-8-16(9-13-19)18-23(21,22)20-10-3-4-11-20/h5-7,14,16,18H,2-4,8-13H2,1H3. The lowest BCUT2D eigenvalue weighted by Crippen LogP contribution is -2.49. The van der Waals surface area contributed by atoms with Crippen molar-refractivity contribution in [2.75, 3.05) is 31.1 Å². The molecule has 0 unspecified atom stereocenters. The van der Waals surface area contributed by atoms with Crippen LogP contribution in [0.15, 0.2) is 24.3 Å². The predicted octanol–water partition coefficient (Wildman–Crippen LogP) is 2.15. The zero-order chi connectivity index (χ0) is 16.3. The fourth-order valence-corrected chi connectivity index (χ4v) is 4.99. The number of anilines is 1. The smallest absolute Gasteiger partial charge is 0.279 e. The Hall–Kier alpha value is -1.11. The van der Waals surface area contributed by atoms with E-state index in [1.54, 1.807) is 4.31 Å². The van der Waals surface area contributed by atoms with E-state index in [1.807, 2.05) is 0 Å². The summed E-state index contributed by atoms with van der Waals surface area (Å²) in [6.07, 6.45) is 4.73. The summed E-state index contributed by atoms with van der Waals surface area (Å²) in [7, 11) is -3.29. The van der Waals surface area contributed by atoms with Crippen molar-refractivity contribution in [3.05, 3.63) is 29.8 Å². The summed E-state index contributed by atoms with van der Waals surface area (Å²) in [5.41, 5.74) is 2.60. The van der Waals surface area contributed by atoms with Crippen LogP contribution < -0.4 is 9.62 Å². The van der Waals surface area contributed by atoms with Crippen molar-refractivity contribution in [1.29, 1.82) is 0 Å². The van der Waals surface area contributed by atoms with Crippen molar-refractivity contribution < 1.29 is 8.42 Å². The van der Waals surface area contributed by atoms with Gasteiger partial charge in [0.05, 0.1) is 0 Å². The van der Waals surface area contributed by atoms with Gasteiger partial charge in [0.1, 0.15) is 0 Å². The zero-order valence-electron chi connectivity index (χ0n) is 13.9. The molecule has 0 radical (unpaired) electrons. The molecule has 0 saturated carbocycles. The van der Waals surface area contributed by atoms with E-state index in [0.29, 0.717) is 13.1 Å². The molecule has 2 heterocycles. The molecule has 5 nitrogen and oxygen atoms in total. The Labute approximate surface area is 139 Å². The second-order valence-corrected chi connectivity index (χ2v) is 8.22. The molecule has 2 aliphatic heterocycles. The molecule has 0 amide bonds. The Balaban J connectivity index is 1.55. The Morgan fingerprint density at radius 2 is 1.83 bits per heavy atom. The van der Waals surface area contributed by atoms with Crippen LogP contribution in [-0.2, 0) is 16.6 Å². The molecule has 6 heteroatoms. The van der Waals surface area contributed by atoms with Crippen LogP contribution in [0.3, 0.4) is 0 Å². The first-order valence-corrected chi connectivity index (χ1v) is 10.1. The van der Waals surface area contributed by atoms with Gasteiger partial charge < -0.3 is 4.90 Å². The molecule has 2 aliphatic rings. The average Bonchev–Trinajstić information content (AvgIpc) is 3.11. The maximum absolute atomic E-state index is 12.3. The van der Waals surface area contributed by atoms with Crippen LogP contribution in [-0.4, -0.2) is 44.9 Å². The summed E-state index contributed by atoms with van der Waals surface area (Å²) in [4.78, 5) is 2.36. The number of hydrogen-bond acceptors (Lipinski definition) is 3. The highest BCUT2D eigenvalue weighted by Gasteiger charge is 2.29. The van der Waals surface area contributed by atoms with E-state index < -0.39 is 10.2 Å². The third kappa shape index (κ3) is 4.05. The molecular weight excluding hydrogens is 310 g/mol. The Bertz CT molecular complexity index is 618. The fourth-order valence-electron chi connectivity index (χ4n) is 3.44. The molecule has 2 fully saturated rings. The topological polar surface area (TPSA) is 52.7 Å². The normalized spacial score (nSPS) is 21.0. The summed E-state index contributed by atoms with van der Waals surface area (Å²) in [6.45, 7) is 5.30. The molecule has 0 aliphatic carbocycles. The molecule has 0 aromatic heterocycles. The van der Waals surface area contributed by atoms with E-state index in [1.165, 1.54) is 11.3 Å². The van der Waals surface area contributed by atoms with Gasteiger partial charge in [-0.3, -0.25) is 0 Å². The van der Waals surface area contributed by atoms with Crippen LogP contribution in [0.4, 0.5) is 5.69 Å². The van der Waals surface area contributed by atoms with Gasteiger partial charge in [0.2, 0.25) is 0 Å². The number of nitrogens with zero attached hydrogens (tertiary/aromatic N) is 2. The molecule has 1 aromatic carbocycles. The van der Waals surface area contributed by atoms with E-state index in [-0.39, 0.29) is 6.04 Å². The first-order chi connectivity index (χ1) is 11.1. The third-order valence-electron chi connectivity index (χ3n) is 4.90. The van der Waals surface area contributed by atoms with Crippen LogP contribution in [0.25, 0.3) is 0 Å². The quantitative estimate of drug-likeness (QED) is 0.896. The van der Waals surface area contributed by atoms with Gasteiger partial charge in [-0.05, 0) is 49.8 Å². The van der Waals surface area contributed by atoms with Gasteiger partial charge in [0, 0.05) is 37.9 Å². The summed E-state index contributed by atoms with van der Waals surface area (Å²) in [5.74, 6) is 0. The molecule has 0 spiro atoms. The van der Waals surface area contributed by atoms with E-state index in [2.05, 4.69) is 40.8 Å². The summed E-state index contributed by atoms with van der Waals surface area (Å²) < 4.78 is 29.2. The van der Waals surface area contributed by atoms with E-state index >= 15 is 0 Å². The Kier molecular flexibility index (Phi) is 5.24. The van der Waals surface area contributed by atoms with Crippen molar-refractivity contribution in [2.24, 2.45) is 0 Å². The highest BCUT2D eigenvalue weighted by atomic mass is 32.2. The van der Waals surface area contributed by atoms with Gasteiger partial charge >= 0.3 is 0 Å². The van der Waals surface area contributed by atoms with Crippen LogP contribution in [0.1, 0.15) is 38.2 Å². The Morgan fingerprint density at radius 1 is 1.13 bits per heavy atom. The van der Waals surface area contributed by atoms with E-state index in [9.17, 15) is 8.42 Å². The Morgan fingerprint density at radius 3 is 2.48 bits per heavy atom. The van der Waals surface area contributed by atoms with Gasteiger partial charge in [0.15, 0.2) is 0 Å². The molecule has 128 valence electrons. The van der Waals surface area contributed by atoms with Crippen LogP contribution in [0.5, 0.6) is 0 Å². The summed E-state index contributed by atoms with van der Waals surface area (Å²) in [6, 6.07) is 8.71. The highest BCUT2D eigenvalue weighted by Crippen LogP contribution is 2.22. The van der Waals surface area contributed by atoms with Crippen LogP contribution in [0, 0.1) is 0 Å². The molecule has 1 aromatic rings. The van der Waals surface area contributed by atoms with Gasteiger partial charge in [-0.25, -0.2) is 0 Å². The molecular formula is C17H27N3O2S. The molecule has 2 saturated heterocycles. The SMILES string of the molecule is CCc1cccc(N2CCC(NS(=O)(=O)N3CCCC3)CC2)c1. The van der Waals surface area contributed by atoms with Crippen LogP contribution >= 0.6 is 0 Å². The lowest BCUT2D eigenvalue weighted by molar-refractivity contribution is 0.421. The average molecular weight is 337 g/mol. The third-order valence-corrected chi connectivity index (χ3v) is 6.58. The minimum atomic E-state index is -3.29. The maximum Gasteiger partial charge on any atom is 0.279 e. The first kappa shape index (κ1) is 16.7. The lowest BCUT2D eigenvalue weighted by Gasteiger charge is -2.34. The molecule has 3 rings (SSSR count). The van der Waals surface area contributed by atoms with Gasteiger partial charge in [0.25, 0.3) is 10.2 Å². The second kappa shape index (κ2) is 7.20. The number of aryl methyl sites for hydroxylation is 1. The maximum atomic E-state index is 12.3. The largest absolute Gasteiger partial charge is 0.371 e. The van der Waals surface area contributed by atoms with Crippen molar-refractivity contribution in [1.82, 2.24) is 9.03 Å². The highest BCUT2D eigenvalue weighted by molar-refractivity contribution is 7.87. The number of nitrogens with one attached hydrogen (secondary N) is 1. The van der Waals surface area contributed by atoms with Crippen molar-refractivity contribution >= 4 is 15.9 Å². The molecule has 23 heavy (non-hydrogen) atoms. The van der Waals surface area contributed by atoms with Crippen molar-refractivity contribution in [3.8, 4) is 0 Å². The minimum Gasteiger partial charge on any atom is -0.371 e. The zero-order valence-corrected chi connectivity index (χ0v) is 14.7. The molecule has 0 atom stereocenters. The molecule has 0 bridgehead atoms. The van der Waals surface area contributed by atoms with Gasteiger partial charge in [-0.15, -0.1) is 0 Å². The fraction of sp³-hybridized carbons (Fsp3) is 0.647. The lowest BCUT2D eigenvalue weighted by atomic mass is 10.0. The number of benzene rings is 1. The minimum absolute atomic E-state index is 0.0613. The second-order valence-electron chi connectivity index (χ2n) is 6.51. The van der Waals surface area contributed by atoms with E-state index in [4.69, 9.17) is 0 Å². The number of hydrogen-bond donors (Lipinski definition) is 1. The van der Waals surface area contributed by atoms with E-state index in [0.717, 1.165) is 45.2 Å².